The van der Waals surface area contributed by atoms with E-state index >= 15 is 0 Å². The second-order valence-corrected chi connectivity index (χ2v) is 6.04. The van der Waals surface area contributed by atoms with Crippen molar-refractivity contribution in [3.8, 4) is 17.1 Å². The molecule has 0 saturated heterocycles. The first kappa shape index (κ1) is 14.0. The summed E-state index contributed by atoms with van der Waals surface area (Å²) in [4.78, 5) is 12.3. The van der Waals surface area contributed by atoms with Crippen LogP contribution in [0.2, 0.25) is 0 Å². The minimum absolute atomic E-state index is 0.229. The Kier molecular flexibility index (Phi) is 3.59. The van der Waals surface area contributed by atoms with Crippen molar-refractivity contribution < 1.29 is 14.1 Å². The molecule has 4 rings (SSSR count). The van der Waals surface area contributed by atoms with Gasteiger partial charge in [-0.3, -0.25) is 4.79 Å². The second kappa shape index (κ2) is 5.89. The fourth-order valence-corrected chi connectivity index (χ4v) is 3.31. The highest BCUT2D eigenvalue weighted by Crippen LogP contribution is 2.38. The van der Waals surface area contributed by atoms with Crippen molar-refractivity contribution in [2.75, 3.05) is 6.54 Å². The van der Waals surface area contributed by atoms with Gasteiger partial charge < -0.3 is 14.6 Å². The fourth-order valence-electron chi connectivity index (χ4n) is 2.60. The first-order valence-corrected chi connectivity index (χ1v) is 8.27. The summed E-state index contributed by atoms with van der Waals surface area (Å²) < 4.78 is 11.1. The van der Waals surface area contributed by atoms with E-state index in [-0.39, 0.29) is 5.91 Å². The third kappa shape index (κ3) is 2.61. The Balaban J connectivity index is 1.50. The summed E-state index contributed by atoms with van der Waals surface area (Å²) >= 11 is 1.65. The maximum atomic E-state index is 12.3. The van der Waals surface area contributed by atoms with Crippen molar-refractivity contribution in [2.45, 2.75) is 13.0 Å². The number of ether oxygens (including phenoxy) is 1. The third-order valence-electron chi connectivity index (χ3n) is 3.79. The van der Waals surface area contributed by atoms with Crippen LogP contribution in [-0.2, 0) is 13.0 Å². The van der Waals surface area contributed by atoms with Gasteiger partial charge in [0.25, 0.3) is 5.91 Å². The van der Waals surface area contributed by atoms with Gasteiger partial charge in [-0.15, -0.1) is 0 Å². The van der Waals surface area contributed by atoms with Crippen LogP contribution < -0.4 is 10.1 Å². The lowest BCUT2D eigenvalue weighted by Crippen LogP contribution is -2.27. The lowest BCUT2D eigenvalue weighted by atomic mass is 10.0. The molecule has 1 amide bonds. The van der Waals surface area contributed by atoms with Gasteiger partial charge >= 0.3 is 0 Å². The van der Waals surface area contributed by atoms with E-state index in [9.17, 15) is 4.79 Å². The van der Waals surface area contributed by atoms with E-state index in [1.165, 1.54) is 5.56 Å². The van der Waals surface area contributed by atoms with Gasteiger partial charge in [0.05, 0.1) is 11.1 Å². The summed E-state index contributed by atoms with van der Waals surface area (Å²) in [7, 11) is 0. The number of amides is 1. The Hall–Kier alpha value is -2.60. The summed E-state index contributed by atoms with van der Waals surface area (Å²) in [5, 5.41) is 10.9. The molecule has 0 unspecified atom stereocenters. The quantitative estimate of drug-likeness (QED) is 0.799. The molecule has 1 N–H and O–H groups in total. The monoisotopic (exact) mass is 326 g/mol. The van der Waals surface area contributed by atoms with Crippen LogP contribution in [0.15, 0.2) is 45.6 Å². The van der Waals surface area contributed by atoms with Crippen LogP contribution in [-0.4, -0.2) is 17.6 Å². The highest BCUT2D eigenvalue weighted by Gasteiger charge is 2.28. The Morgan fingerprint density at radius 2 is 2.22 bits per heavy atom. The smallest absolute Gasteiger partial charge is 0.273 e. The minimum Gasteiger partial charge on any atom is -0.488 e. The van der Waals surface area contributed by atoms with Gasteiger partial charge in [0.2, 0.25) is 0 Å². The summed E-state index contributed by atoms with van der Waals surface area (Å²) in [6.07, 6.45) is 0.800. The zero-order valence-corrected chi connectivity index (χ0v) is 13.1. The minimum atomic E-state index is -0.229. The van der Waals surface area contributed by atoms with E-state index < -0.39 is 0 Å². The molecular formula is C17H14N2O3S. The summed E-state index contributed by atoms with van der Waals surface area (Å²) in [6, 6.07) is 9.64. The second-order valence-electron chi connectivity index (χ2n) is 5.26. The number of benzene rings is 1. The molecule has 1 aromatic carbocycles. The van der Waals surface area contributed by atoms with Gasteiger partial charge in [0.15, 0.2) is 11.5 Å². The van der Waals surface area contributed by atoms with Crippen molar-refractivity contribution >= 4 is 17.2 Å². The molecule has 1 aliphatic rings. The average molecular weight is 326 g/mol. The molecule has 0 bridgehead atoms. The molecule has 0 fully saturated rings. The predicted octanol–water partition coefficient (Wildman–Crippen LogP) is 3.27. The van der Waals surface area contributed by atoms with Crippen LogP contribution in [0.5, 0.6) is 5.75 Å². The number of nitrogens with one attached hydrogen (secondary N) is 1. The zero-order valence-electron chi connectivity index (χ0n) is 12.2. The van der Waals surface area contributed by atoms with E-state index in [0.717, 1.165) is 17.7 Å². The SMILES string of the molecule is O=C(NCCc1ccsc1)c1noc2c1COc1ccccc1-2. The maximum Gasteiger partial charge on any atom is 0.273 e. The highest BCUT2D eigenvalue weighted by atomic mass is 32.1. The number of para-hydroxylation sites is 1. The van der Waals surface area contributed by atoms with Crippen molar-refractivity contribution in [1.29, 1.82) is 0 Å². The van der Waals surface area contributed by atoms with Gasteiger partial charge in [-0.05, 0) is 40.9 Å². The molecule has 0 aliphatic carbocycles. The molecule has 1 aliphatic heterocycles. The third-order valence-corrected chi connectivity index (χ3v) is 4.52. The van der Waals surface area contributed by atoms with E-state index in [0.29, 0.717) is 30.2 Å². The lowest BCUT2D eigenvalue weighted by molar-refractivity contribution is 0.0943. The molecule has 0 spiro atoms. The summed E-state index contributed by atoms with van der Waals surface area (Å²) in [5.41, 5.74) is 3.06. The Labute approximate surface area is 136 Å². The maximum absolute atomic E-state index is 12.3. The Morgan fingerprint density at radius 3 is 3.09 bits per heavy atom. The van der Waals surface area contributed by atoms with E-state index in [2.05, 4.69) is 21.9 Å². The molecule has 0 radical (unpaired) electrons. The normalized spacial score (nSPS) is 12.2. The number of aromatic nitrogens is 1. The van der Waals surface area contributed by atoms with E-state index in [4.69, 9.17) is 9.26 Å². The van der Waals surface area contributed by atoms with Crippen LogP contribution in [0.25, 0.3) is 11.3 Å². The van der Waals surface area contributed by atoms with Crippen LogP contribution in [0.1, 0.15) is 21.6 Å². The van der Waals surface area contributed by atoms with Gasteiger partial charge in [-0.25, -0.2) is 0 Å². The van der Waals surface area contributed by atoms with Gasteiger partial charge in [0, 0.05) is 6.54 Å². The first-order valence-electron chi connectivity index (χ1n) is 7.33. The van der Waals surface area contributed by atoms with Gasteiger partial charge in [-0.1, -0.05) is 17.3 Å². The van der Waals surface area contributed by atoms with E-state index in [1.807, 2.05) is 29.6 Å². The van der Waals surface area contributed by atoms with Gasteiger partial charge in [-0.2, -0.15) is 11.3 Å². The number of nitrogens with zero attached hydrogens (tertiary/aromatic N) is 1. The Morgan fingerprint density at radius 1 is 1.30 bits per heavy atom. The Bertz CT molecular complexity index is 839. The first-order chi connectivity index (χ1) is 11.3. The molecule has 23 heavy (non-hydrogen) atoms. The molecule has 5 nitrogen and oxygen atoms in total. The predicted molar refractivity (Wildman–Crippen MR) is 86.6 cm³/mol. The van der Waals surface area contributed by atoms with Gasteiger partial charge in [0.1, 0.15) is 12.4 Å². The highest BCUT2D eigenvalue weighted by molar-refractivity contribution is 7.07. The van der Waals surface area contributed by atoms with Crippen LogP contribution in [0.3, 0.4) is 0 Å². The molecule has 0 atom stereocenters. The molecular weight excluding hydrogens is 312 g/mol. The molecule has 116 valence electrons. The molecule has 3 aromatic rings. The molecule has 2 aromatic heterocycles. The number of hydrogen-bond donors (Lipinski definition) is 1. The largest absolute Gasteiger partial charge is 0.488 e. The summed E-state index contributed by atoms with van der Waals surface area (Å²) in [6.45, 7) is 0.859. The van der Waals surface area contributed by atoms with Crippen molar-refractivity contribution in [3.05, 3.63) is 57.9 Å². The average Bonchev–Trinajstić information content (AvgIpc) is 3.24. The van der Waals surface area contributed by atoms with Crippen molar-refractivity contribution in [2.24, 2.45) is 0 Å². The number of carbonyl (C=O) groups is 1. The fraction of sp³-hybridized carbons (Fsp3) is 0.176. The molecule has 0 saturated carbocycles. The lowest BCUT2D eigenvalue weighted by Gasteiger charge is -2.15. The molecule has 3 heterocycles. The van der Waals surface area contributed by atoms with Crippen LogP contribution >= 0.6 is 11.3 Å². The number of fused-ring (bicyclic) bond motifs is 3. The van der Waals surface area contributed by atoms with Crippen molar-refractivity contribution in [1.82, 2.24) is 10.5 Å². The standard InChI is InChI=1S/C17H14N2O3S/c20-17(18-7-5-11-6-8-23-10-11)15-13-9-21-14-4-2-1-3-12(14)16(13)22-19-15/h1-4,6,8,10H,5,7,9H2,(H,18,20). The number of carbonyl (C=O) groups excluding carboxylic acids is 1. The topological polar surface area (TPSA) is 64.4 Å². The number of thiophene rings is 1. The van der Waals surface area contributed by atoms with Crippen molar-refractivity contribution in [3.63, 3.8) is 0 Å². The zero-order chi connectivity index (χ0) is 15.6. The van der Waals surface area contributed by atoms with E-state index in [1.54, 1.807) is 11.3 Å². The molecule has 6 heteroatoms. The number of rotatable bonds is 4. The van der Waals surface area contributed by atoms with Crippen LogP contribution in [0.4, 0.5) is 0 Å². The summed E-state index contributed by atoms with van der Waals surface area (Å²) in [5.74, 6) is 1.14. The van der Waals surface area contributed by atoms with Crippen LogP contribution in [0, 0.1) is 0 Å². The number of hydrogen-bond acceptors (Lipinski definition) is 5.